The van der Waals surface area contributed by atoms with Crippen molar-refractivity contribution in [2.75, 3.05) is 13.1 Å². The van der Waals surface area contributed by atoms with Crippen molar-refractivity contribution in [3.8, 4) is 16.9 Å². The van der Waals surface area contributed by atoms with Gasteiger partial charge in [-0.2, -0.15) is 0 Å². The van der Waals surface area contributed by atoms with Crippen molar-refractivity contribution in [3.05, 3.63) is 125 Å². The van der Waals surface area contributed by atoms with Gasteiger partial charge in [0.2, 0.25) is 0 Å². The van der Waals surface area contributed by atoms with E-state index < -0.39 is 11.9 Å². The van der Waals surface area contributed by atoms with Crippen molar-refractivity contribution < 1.29 is 28.9 Å². The van der Waals surface area contributed by atoms with Crippen LogP contribution in [0.4, 0.5) is 4.39 Å². The predicted octanol–water partition coefficient (Wildman–Crippen LogP) is 7.07. The molecule has 2 N–H and O–H groups in total. The lowest BCUT2D eigenvalue weighted by molar-refractivity contribution is -0.137. The maximum absolute atomic E-state index is 13.2. The summed E-state index contributed by atoms with van der Waals surface area (Å²) in [6.45, 7) is 2.52. The molecular weight excluding hydrogens is 521 g/mol. The number of para-hydroxylation sites is 1. The normalized spacial score (nSPS) is 11.0. The molecule has 4 aromatic carbocycles. The zero-order valence-electron chi connectivity index (χ0n) is 22.8. The number of halogens is 1. The Labute approximate surface area is 239 Å². The summed E-state index contributed by atoms with van der Waals surface area (Å²) >= 11 is 0. The highest BCUT2D eigenvalue weighted by Crippen LogP contribution is 2.23. The van der Waals surface area contributed by atoms with Crippen LogP contribution in [0.2, 0.25) is 0 Å². The van der Waals surface area contributed by atoms with E-state index in [4.69, 9.17) is 9.84 Å². The quantitative estimate of drug-likeness (QED) is 0.153. The molecule has 0 aliphatic heterocycles. The predicted molar refractivity (Wildman–Crippen MR) is 156 cm³/mol. The summed E-state index contributed by atoms with van der Waals surface area (Å²) in [4.78, 5) is 24.4. The fourth-order valence-electron chi connectivity index (χ4n) is 4.62. The number of nitrogens with zero attached hydrogens (tertiary/aromatic N) is 1. The van der Waals surface area contributed by atoms with Crippen molar-refractivity contribution in [1.29, 1.82) is 0 Å². The molecule has 0 aromatic heterocycles. The zero-order chi connectivity index (χ0) is 29.0. The van der Waals surface area contributed by atoms with Crippen LogP contribution in [0.25, 0.3) is 11.1 Å². The average Bonchev–Trinajstić information content (AvgIpc) is 2.98. The Hall–Kier alpha value is -4.49. The van der Waals surface area contributed by atoms with E-state index in [1.54, 1.807) is 24.3 Å². The van der Waals surface area contributed by atoms with Crippen molar-refractivity contribution >= 4 is 11.9 Å². The van der Waals surface area contributed by atoms with Crippen LogP contribution in [0.15, 0.2) is 97.1 Å². The lowest BCUT2D eigenvalue weighted by Gasteiger charge is -2.23. The highest BCUT2D eigenvalue weighted by Gasteiger charge is 2.11. The molecule has 6 nitrogen and oxygen atoms in total. The van der Waals surface area contributed by atoms with Gasteiger partial charge in [-0.1, -0.05) is 66.7 Å². The van der Waals surface area contributed by atoms with Gasteiger partial charge >= 0.3 is 11.9 Å². The maximum Gasteiger partial charge on any atom is 0.335 e. The summed E-state index contributed by atoms with van der Waals surface area (Å²) < 4.78 is 19.4. The largest absolute Gasteiger partial charge is 0.489 e. The van der Waals surface area contributed by atoms with Crippen LogP contribution in [0.1, 0.15) is 46.3 Å². The van der Waals surface area contributed by atoms with Crippen LogP contribution in [0.5, 0.6) is 5.75 Å². The number of benzene rings is 4. The summed E-state index contributed by atoms with van der Waals surface area (Å²) in [5.41, 5.74) is 5.31. The standard InChI is InChI=1S/C34H34FNO5/c35-31-18-16-28(17-19-31)27-12-10-26(11-13-27)24-41-32-6-2-1-5-29(32)20-22-36(21-4-3-7-33(37)38)23-25-8-14-30(15-9-25)34(39)40/h1-2,5-6,8-19H,3-4,7,20-24H2,(H,37,38)(H,39,40). The second kappa shape index (κ2) is 14.8. The lowest BCUT2D eigenvalue weighted by Crippen LogP contribution is -2.27. The van der Waals surface area contributed by atoms with E-state index in [0.717, 1.165) is 59.5 Å². The second-order valence-corrected chi connectivity index (χ2v) is 9.98. The zero-order valence-corrected chi connectivity index (χ0v) is 22.8. The van der Waals surface area contributed by atoms with Crippen molar-refractivity contribution in [3.63, 3.8) is 0 Å². The summed E-state index contributed by atoms with van der Waals surface area (Å²) in [6, 6.07) is 29.3. The average molecular weight is 556 g/mol. The number of carbonyl (C=O) groups is 2. The number of aromatic carboxylic acids is 1. The Morgan fingerprint density at radius 2 is 1.37 bits per heavy atom. The van der Waals surface area contributed by atoms with E-state index in [-0.39, 0.29) is 17.8 Å². The number of carboxylic acids is 2. The maximum atomic E-state index is 13.2. The molecule has 0 aliphatic rings. The number of rotatable bonds is 15. The molecule has 0 atom stereocenters. The minimum Gasteiger partial charge on any atom is -0.489 e. The van der Waals surface area contributed by atoms with Gasteiger partial charge < -0.3 is 14.9 Å². The van der Waals surface area contributed by atoms with Gasteiger partial charge in [-0.15, -0.1) is 0 Å². The second-order valence-electron chi connectivity index (χ2n) is 9.98. The molecule has 0 aliphatic carbocycles. The first-order valence-corrected chi connectivity index (χ1v) is 13.7. The van der Waals surface area contributed by atoms with Gasteiger partial charge in [0.05, 0.1) is 5.56 Å². The number of carboxylic acid groups (broad SMARTS) is 2. The van der Waals surface area contributed by atoms with Crippen molar-refractivity contribution in [1.82, 2.24) is 4.90 Å². The summed E-state index contributed by atoms with van der Waals surface area (Å²) in [5.74, 6) is -1.20. The molecule has 0 heterocycles. The highest BCUT2D eigenvalue weighted by atomic mass is 19.1. The van der Waals surface area contributed by atoms with E-state index in [1.807, 2.05) is 54.6 Å². The van der Waals surface area contributed by atoms with Crippen molar-refractivity contribution in [2.45, 2.75) is 38.8 Å². The minimum atomic E-state index is -0.956. The first kappa shape index (κ1) is 29.5. The fraction of sp³-hybridized carbons (Fsp3) is 0.235. The Balaban J connectivity index is 1.37. The van der Waals surface area contributed by atoms with E-state index >= 15 is 0 Å². The summed E-state index contributed by atoms with van der Waals surface area (Å²) in [7, 11) is 0. The Bertz CT molecular complexity index is 1420. The van der Waals surface area contributed by atoms with E-state index in [1.165, 1.54) is 12.1 Å². The van der Waals surface area contributed by atoms with Gasteiger partial charge in [0, 0.05) is 19.5 Å². The topological polar surface area (TPSA) is 87.1 Å². The molecule has 0 saturated carbocycles. The molecule has 0 unspecified atom stereocenters. The molecule has 4 rings (SSSR count). The summed E-state index contributed by atoms with van der Waals surface area (Å²) in [6.07, 6.45) is 2.24. The van der Waals surface area contributed by atoms with Crippen LogP contribution in [0.3, 0.4) is 0 Å². The molecule has 7 heteroatoms. The third-order valence-electron chi connectivity index (χ3n) is 6.92. The molecule has 0 bridgehead atoms. The molecule has 41 heavy (non-hydrogen) atoms. The first-order chi connectivity index (χ1) is 19.9. The molecule has 0 spiro atoms. The Kier molecular flexibility index (Phi) is 10.6. The SMILES string of the molecule is O=C(O)CCCCN(CCc1ccccc1OCc1ccc(-c2ccc(F)cc2)cc1)Cc1ccc(C(=O)O)cc1. The third kappa shape index (κ3) is 9.29. The molecule has 0 amide bonds. The van der Waals surface area contributed by atoms with Gasteiger partial charge in [0.15, 0.2) is 0 Å². The van der Waals surface area contributed by atoms with Gasteiger partial charge in [-0.05, 0) is 84.0 Å². The van der Waals surface area contributed by atoms with Gasteiger partial charge in [-0.3, -0.25) is 9.69 Å². The minimum absolute atomic E-state index is 0.142. The monoisotopic (exact) mass is 555 g/mol. The number of unbranched alkanes of at least 4 members (excludes halogenated alkanes) is 1. The highest BCUT2D eigenvalue weighted by molar-refractivity contribution is 5.87. The van der Waals surface area contributed by atoms with Crippen LogP contribution < -0.4 is 4.74 Å². The van der Waals surface area contributed by atoms with Gasteiger partial charge in [-0.25, -0.2) is 9.18 Å². The molecular formula is C34H34FNO5. The molecule has 0 radical (unpaired) electrons. The number of ether oxygens (including phenoxy) is 1. The van der Waals surface area contributed by atoms with Crippen molar-refractivity contribution in [2.24, 2.45) is 0 Å². The Morgan fingerprint density at radius 3 is 2.02 bits per heavy atom. The number of hydrogen-bond acceptors (Lipinski definition) is 4. The van der Waals surface area contributed by atoms with Gasteiger partial charge in [0.25, 0.3) is 0 Å². The number of aliphatic carboxylic acids is 1. The van der Waals surface area contributed by atoms with Crippen LogP contribution in [-0.2, 0) is 24.4 Å². The van der Waals surface area contributed by atoms with Crippen LogP contribution in [-0.4, -0.2) is 40.1 Å². The first-order valence-electron chi connectivity index (χ1n) is 13.7. The van der Waals surface area contributed by atoms with E-state index in [9.17, 15) is 19.1 Å². The third-order valence-corrected chi connectivity index (χ3v) is 6.92. The van der Waals surface area contributed by atoms with Crippen LogP contribution in [0, 0.1) is 5.82 Å². The fourth-order valence-corrected chi connectivity index (χ4v) is 4.62. The number of hydrogen-bond donors (Lipinski definition) is 2. The van der Waals surface area contributed by atoms with Crippen LogP contribution >= 0.6 is 0 Å². The Morgan fingerprint density at radius 1 is 0.732 bits per heavy atom. The summed E-state index contributed by atoms with van der Waals surface area (Å²) in [5, 5.41) is 18.2. The molecule has 0 fully saturated rings. The van der Waals surface area contributed by atoms with Gasteiger partial charge in [0.1, 0.15) is 18.2 Å². The van der Waals surface area contributed by atoms with E-state index in [2.05, 4.69) is 11.0 Å². The molecule has 4 aromatic rings. The lowest BCUT2D eigenvalue weighted by atomic mass is 10.0. The molecule has 0 saturated heterocycles. The van der Waals surface area contributed by atoms with E-state index in [0.29, 0.717) is 19.6 Å². The smallest absolute Gasteiger partial charge is 0.335 e. The molecule has 212 valence electrons.